The first-order valence-electron chi connectivity index (χ1n) is 6.13. The second kappa shape index (κ2) is 6.02. The van der Waals surface area contributed by atoms with Crippen molar-refractivity contribution in [3.05, 3.63) is 51.8 Å². The van der Waals surface area contributed by atoms with Crippen molar-refractivity contribution in [3.8, 4) is 0 Å². The molecule has 21 heavy (non-hydrogen) atoms. The summed E-state index contributed by atoms with van der Waals surface area (Å²) >= 11 is 0. The average molecular weight is 310 g/mol. The lowest BCUT2D eigenvalue weighted by Crippen LogP contribution is -2.26. The van der Waals surface area contributed by atoms with Crippen LogP contribution >= 0.6 is 0 Å². The molecule has 0 spiro atoms. The summed E-state index contributed by atoms with van der Waals surface area (Å²) in [6, 6.07) is 6.00. The summed E-state index contributed by atoms with van der Waals surface area (Å²) in [5.74, 6) is 0. The van der Waals surface area contributed by atoms with E-state index in [1.54, 1.807) is 19.1 Å². The lowest BCUT2D eigenvalue weighted by molar-refractivity contribution is -0.384. The predicted octanol–water partition coefficient (Wildman–Crippen LogP) is 1.15. The van der Waals surface area contributed by atoms with Crippen LogP contribution in [0.15, 0.2) is 35.4 Å². The smallest absolute Gasteiger partial charge is 0.269 e. The van der Waals surface area contributed by atoms with Crippen LogP contribution < -0.4 is 4.72 Å². The van der Waals surface area contributed by atoms with Crippen molar-refractivity contribution < 1.29 is 13.3 Å². The Morgan fingerprint density at radius 1 is 1.33 bits per heavy atom. The largest absolute Gasteiger partial charge is 0.281 e. The Balaban J connectivity index is 1.95. The molecule has 2 N–H and O–H groups in total. The third kappa shape index (κ3) is 3.64. The van der Waals surface area contributed by atoms with Gasteiger partial charge in [-0.25, -0.2) is 13.1 Å². The number of nitrogens with one attached hydrogen (secondary N) is 2. The number of rotatable bonds is 6. The molecule has 0 aliphatic heterocycles. The summed E-state index contributed by atoms with van der Waals surface area (Å²) < 4.78 is 26.4. The number of H-pyrrole nitrogens is 1. The van der Waals surface area contributed by atoms with Gasteiger partial charge in [-0.1, -0.05) is 12.1 Å². The number of nitro groups is 1. The van der Waals surface area contributed by atoms with E-state index in [0.717, 1.165) is 5.56 Å². The summed E-state index contributed by atoms with van der Waals surface area (Å²) in [6.07, 6.45) is 1.69. The van der Waals surface area contributed by atoms with Gasteiger partial charge in [0, 0.05) is 18.7 Å². The number of hydrogen-bond acceptors (Lipinski definition) is 5. The molecule has 0 unspecified atom stereocenters. The molecule has 2 rings (SSSR count). The van der Waals surface area contributed by atoms with E-state index in [-0.39, 0.29) is 17.1 Å². The van der Waals surface area contributed by atoms with Gasteiger partial charge in [0.2, 0.25) is 10.0 Å². The second-order valence-corrected chi connectivity index (χ2v) is 6.17. The van der Waals surface area contributed by atoms with E-state index in [1.165, 1.54) is 18.3 Å². The van der Waals surface area contributed by atoms with Crippen LogP contribution in [-0.4, -0.2) is 30.1 Å². The normalized spacial score (nSPS) is 11.5. The van der Waals surface area contributed by atoms with Crippen molar-refractivity contribution in [3.63, 3.8) is 0 Å². The van der Waals surface area contributed by atoms with Crippen molar-refractivity contribution in [2.45, 2.75) is 18.2 Å². The van der Waals surface area contributed by atoms with Gasteiger partial charge < -0.3 is 0 Å². The van der Waals surface area contributed by atoms with Crippen molar-refractivity contribution in [2.24, 2.45) is 0 Å². The Labute approximate surface area is 121 Å². The van der Waals surface area contributed by atoms with Crippen molar-refractivity contribution >= 4 is 15.7 Å². The van der Waals surface area contributed by atoms with Gasteiger partial charge in [-0.2, -0.15) is 5.10 Å². The summed E-state index contributed by atoms with van der Waals surface area (Å²) in [7, 11) is -3.59. The zero-order valence-corrected chi connectivity index (χ0v) is 12.1. The topological polar surface area (TPSA) is 118 Å². The molecule has 9 heteroatoms. The zero-order chi connectivity index (χ0) is 15.5. The van der Waals surface area contributed by atoms with Crippen molar-refractivity contribution in [2.75, 3.05) is 6.54 Å². The lowest BCUT2D eigenvalue weighted by atomic mass is 10.1. The predicted molar refractivity (Wildman–Crippen MR) is 75.3 cm³/mol. The fraction of sp³-hybridized carbons (Fsp3) is 0.250. The van der Waals surface area contributed by atoms with Gasteiger partial charge in [0.05, 0.1) is 16.8 Å². The quantitative estimate of drug-likeness (QED) is 0.613. The highest BCUT2D eigenvalue weighted by Gasteiger charge is 2.17. The van der Waals surface area contributed by atoms with Crippen LogP contribution in [0.5, 0.6) is 0 Å². The number of non-ortho nitro benzene ring substituents is 1. The van der Waals surface area contributed by atoms with E-state index in [2.05, 4.69) is 14.9 Å². The van der Waals surface area contributed by atoms with Crippen LogP contribution in [0.25, 0.3) is 0 Å². The molecule has 0 saturated heterocycles. The number of aromatic nitrogens is 2. The van der Waals surface area contributed by atoms with Crippen LogP contribution in [0.3, 0.4) is 0 Å². The number of nitrogens with zero attached hydrogens (tertiary/aromatic N) is 2. The van der Waals surface area contributed by atoms with Gasteiger partial charge in [-0.15, -0.1) is 0 Å². The molecular weight excluding hydrogens is 296 g/mol. The standard InChI is InChI=1S/C12H14N4O4S/c1-9-12(8-13-15-9)21(19,20)14-7-6-10-2-4-11(5-3-10)16(17)18/h2-5,8,14H,6-7H2,1H3,(H,13,15). The average Bonchev–Trinajstić information content (AvgIpc) is 2.86. The fourth-order valence-electron chi connectivity index (χ4n) is 1.80. The molecule has 0 saturated carbocycles. The SMILES string of the molecule is Cc1[nH]ncc1S(=O)(=O)NCCc1ccc([N+](=O)[O-])cc1. The number of aryl methyl sites for hydroxylation is 1. The van der Waals surface area contributed by atoms with E-state index >= 15 is 0 Å². The monoisotopic (exact) mass is 310 g/mol. The number of hydrogen-bond donors (Lipinski definition) is 2. The maximum atomic E-state index is 12.0. The fourth-order valence-corrected chi connectivity index (χ4v) is 2.97. The minimum absolute atomic E-state index is 0.00773. The molecule has 0 amide bonds. The third-order valence-electron chi connectivity index (χ3n) is 2.93. The molecule has 1 heterocycles. The van der Waals surface area contributed by atoms with Gasteiger partial charge >= 0.3 is 0 Å². The van der Waals surface area contributed by atoms with E-state index in [1.807, 2.05) is 0 Å². The van der Waals surface area contributed by atoms with E-state index in [9.17, 15) is 18.5 Å². The van der Waals surface area contributed by atoms with E-state index in [4.69, 9.17) is 0 Å². The second-order valence-electron chi connectivity index (χ2n) is 4.43. The highest BCUT2D eigenvalue weighted by Crippen LogP contribution is 2.13. The molecule has 112 valence electrons. The zero-order valence-electron chi connectivity index (χ0n) is 11.2. The van der Waals surface area contributed by atoms with Gasteiger partial charge in [-0.3, -0.25) is 15.2 Å². The maximum absolute atomic E-state index is 12.0. The maximum Gasteiger partial charge on any atom is 0.269 e. The van der Waals surface area contributed by atoms with Crippen LogP contribution in [0.2, 0.25) is 0 Å². The molecule has 1 aromatic heterocycles. The Morgan fingerprint density at radius 3 is 2.52 bits per heavy atom. The first-order chi connectivity index (χ1) is 9.90. The first kappa shape index (κ1) is 15.1. The van der Waals surface area contributed by atoms with Crippen LogP contribution in [0, 0.1) is 17.0 Å². The Morgan fingerprint density at radius 2 is 2.00 bits per heavy atom. The lowest BCUT2D eigenvalue weighted by Gasteiger charge is -2.05. The summed E-state index contributed by atoms with van der Waals surface area (Å²) in [5.41, 5.74) is 1.29. The van der Waals surface area contributed by atoms with Gasteiger partial charge in [0.15, 0.2) is 0 Å². The molecule has 0 fully saturated rings. The Hall–Kier alpha value is -2.26. The summed E-state index contributed by atoms with van der Waals surface area (Å²) in [4.78, 5) is 10.2. The summed E-state index contributed by atoms with van der Waals surface area (Å²) in [5, 5.41) is 16.8. The van der Waals surface area contributed by atoms with E-state index < -0.39 is 14.9 Å². The van der Waals surface area contributed by atoms with Crippen LogP contribution in [0.4, 0.5) is 5.69 Å². The first-order valence-corrected chi connectivity index (χ1v) is 7.61. The third-order valence-corrected chi connectivity index (χ3v) is 4.50. The molecule has 0 aliphatic carbocycles. The molecule has 8 nitrogen and oxygen atoms in total. The van der Waals surface area contributed by atoms with E-state index in [0.29, 0.717) is 12.1 Å². The van der Waals surface area contributed by atoms with Crippen LogP contribution in [-0.2, 0) is 16.4 Å². The molecule has 0 bridgehead atoms. The highest BCUT2D eigenvalue weighted by molar-refractivity contribution is 7.89. The van der Waals surface area contributed by atoms with Gasteiger partial charge in [0.25, 0.3) is 5.69 Å². The van der Waals surface area contributed by atoms with Gasteiger partial charge in [0.1, 0.15) is 4.90 Å². The summed E-state index contributed by atoms with van der Waals surface area (Å²) in [6.45, 7) is 1.82. The molecule has 0 atom stereocenters. The molecule has 0 radical (unpaired) electrons. The molecule has 0 aliphatic rings. The highest BCUT2D eigenvalue weighted by atomic mass is 32.2. The van der Waals surface area contributed by atoms with Crippen LogP contribution in [0.1, 0.15) is 11.3 Å². The number of aromatic amines is 1. The number of benzene rings is 1. The Kier molecular flexibility index (Phi) is 4.34. The minimum Gasteiger partial charge on any atom is -0.281 e. The van der Waals surface area contributed by atoms with Crippen molar-refractivity contribution in [1.82, 2.24) is 14.9 Å². The van der Waals surface area contributed by atoms with Gasteiger partial charge in [-0.05, 0) is 18.9 Å². The molecular formula is C12H14N4O4S. The Bertz CT molecular complexity index is 737. The molecule has 2 aromatic rings. The number of nitro benzene ring substituents is 1. The minimum atomic E-state index is -3.59. The van der Waals surface area contributed by atoms with Crippen molar-refractivity contribution in [1.29, 1.82) is 0 Å². The number of sulfonamides is 1. The molecule has 1 aromatic carbocycles.